The molecule has 5 heteroatoms. The number of ketones is 1. The number of aromatic nitrogens is 2. The van der Waals surface area contributed by atoms with Crippen LogP contribution < -0.4 is 0 Å². The van der Waals surface area contributed by atoms with Gasteiger partial charge in [0.15, 0.2) is 0 Å². The van der Waals surface area contributed by atoms with Crippen LogP contribution in [0.25, 0.3) is 0 Å². The van der Waals surface area contributed by atoms with Gasteiger partial charge in [-0.1, -0.05) is 53.7 Å². The molecule has 3 aromatic rings. The summed E-state index contributed by atoms with van der Waals surface area (Å²) < 4.78 is 5.13. The second-order valence-electron chi connectivity index (χ2n) is 4.31. The van der Waals surface area contributed by atoms with Crippen LogP contribution in [0.15, 0.2) is 70.1 Å². The van der Waals surface area contributed by atoms with Gasteiger partial charge in [0.05, 0.1) is 5.75 Å². The van der Waals surface area contributed by atoms with E-state index in [1.165, 1.54) is 0 Å². The summed E-state index contributed by atoms with van der Waals surface area (Å²) in [7, 11) is 0. The molecular formula is C16H12N2O2S. The average molecular weight is 296 g/mol. The second kappa shape index (κ2) is 6.37. The van der Waals surface area contributed by atoms with E-state index in [1.807, 2.05) is 36.4 Å². The van der Waals surface area contributed by atoms with Crippen molar-refractivity contribution in [1.29, 1.82) is 0 Å². The predicted molar refractivity (Wildman–Crippen MR) is 80.2 cm³/mol. The summed E-state index contributed by atoms with van der Waals surface area (Å²) >= 11 is 1.59. The van der Waals surface area contributed by atoms with Crippen LogP contribution in [-0.2, 0) is 5.75 Å². The molecule has 2 aromatic carbocycles. The van der Waals surface area contributed by atoms with Gasteiger partial charge < -0.3 is 4.52 Å². The Hall–Kier alpha value is -2.40. The third-order valence-electron chi connectivity index (χ3n) is 2.81. The van der Waals surface area contributed by atoms with Crippen LogP contribution in [0.5, 0.6) is 0 Å². The van der Waals surface area contributed by atoms with Crippen LogP contribution in [0, 0.1) is 0 Å². The van der Waals surface area contributed by atoms with Crippen molar-refractivity contribution in [2.75, 3.05) is 0 Å². The Morgan fingerprint density at radius 3 is 2.38 bits per heavy atom. The summed E-state index contributed by atoms with van der Waals surface area (Å²) in [6.45, 7) is 0. The molecular weight excluding hydrogens is 284 g/mol. The maximum absolute atomic E-state index is 12.1. The molecule has 4 nitrogen and oxygen atoms in total. The largest absolute Gasteiger partial charge is 0.338 e. The first-order valence-corrected chi connectivity index (χ1v) is 7.41. The minimum atomic E-state index is -0.227. The third-order valence-corrected chi connectivity index (χ3v) is 3.81. The van der Waals surface area contributed by atoms with Gasteiger partial charge in [0.1, 0.15) is 0 Å². The summed E-state index contributed by atoms with van der Waals surface area (Å²) in [6, 6.07) is 18.9. The van der Waals surface area contributed by atoms with E-state index < -0.39 is 0 Å². The maximum Gasteiger partial charge on any atom is 0.243 e. The normalized spacial score (nSPS) is 10.5. The van der Waals surface area contributed by atoms with Crippen molar-refractivity contribution < 1.29 is 9.32 Å². The van der Waals surface area contributed by atoms with Gasteiger partial charge in [0.2, 0.25) is 17.5 Å². The van der Waals surface area contributed by atoms with Crippen molar-refractivity contribution in [2.24, 2.45) is 0 Å². The van der Waals surface area contributed by atoms with Crippen LogP contribution in [0.4, 0.5) is 0 Å². The van der Waals surface area contributed by atoms with Crippen molar-refractivity contribution >= 4 is 17.5 Å². The van der Waals surface area contributed by atoms with E-state index in [1.54, 1.807) is 36.0 Å². The fourth-order valence-corrected chi connectivity index (χ4v) is 2.54. The van der Waals surface area contributed by atoms with Gasteiger partial charge in [0.25, 0.3) is 0 Å². The van der Waals surface area contributed by atoms with Gasteiger partial charge >= 0.3 is 0 Å². The van der Waals surface area contributed by atoms with Crippen LogP contribution >= 0.6 is 11.8 Å². The molecule has 0 saturated carbocycles. The molecule has 0 bridgehead atoms. The lowest BCUT2D eigenvalue weighted by Crippen LogP contribution is -2.03. The summed E-state index contributed by atoms with van der Waals surface area (Å²) in [5.74, 6) is 0.863. The molecule has 0 aliphatic heterocycles. The Bertz CT molecular complexity index is 726. The lowest BCUT2D eigenvalue weighted by atomic mass is 10.1. The summed E-state index contributed by atoms with van der Waals surface area (Å²) in [5.41, 5.74) is 0.556. The molecule has 0 amide bonds. The van der Waals surface area contributed by atoms with Gasteiger partial charge in [0, 0.05) is 10.5 Å². The number of hydrogen-bond acceptors (Lipinski definition) is 5. The highest BCUT2D eigenvalue weighted by atomic mass is 32.2. The van der Waals surface area contributed by atoms with E-state index in [-0.39, 0.29) is 11.6 Å². The molecule has 0 saturated heterocycles. The van der Waals surface area contributed by atoms with E-state index in [2.05, 4.69) is 10.1 Å². The number of rotatable bonds is 5. The van der Waals surface area contributed by atoms with Crippen molar-refractivity contribution in [3.05, 3.63) is 77.9 Å². The van der Waals surface area contributed by atoms with Crippen LogP contribution in [0.2, 0.25) is 0 Å². The highest BCUT2D eigenvalue weighted by Gasteiger charge is 2.16. The quantitative estimate of drug-likeness (QED) is 0.532. The Kier molecular flexibility index (Phi) is 4.12. The van der Waals surface area contributed by atoms with E-state index >= 15 is 0 Å². The van der Waals surface area contributed by atoms with Crippen LogP contribution in [0.3, 0.4) is 0 Å². The molecule has 1 aromatic heterocycles. The molecule has 104 valence electrons. The first-order chi connectivity index (χ1) is 10.3. The lowest BCUT2D eigenvalue weighted by Gasteiger charge is -1.96. The molecule has 0 aliphatic rings. The summed E-state index contributed by atoms with van der Waals surface area (Å²) in [5, 5.41) is 3.76. The zero-order chi connectivity index (χ0) is 14.5. The number of hydrogen-bond donors (Lipinski definition) is 0. The molecule has 0 atom stereocenters. The molecule has 0 aliphatic carbocycles. The van der Waals surface area contributed by atoms with Crippen LogP contribution in [-0.4, -0.2) is 15.9 Å². The van der Waals surface area contributed by atoms with Crippen molar-refractivity contribution in [3.8, 4) is 0 Å². The van der Waals surface area contributed by atoms with E-state index in [4.69, 9.17) is 4.52 Å². The summed E-state index contributed by atoms with van der Waals surface area (Å²) in [6.07, 6.45) is 0. The number of benzene rings is 2. The zero-order valence-corrected chi connectivity index (χ0v) is 11.9. The third kappa shape index (κ3) is 3.38. The van der Waals surface area contributed by atoms with Crippen LogP contribution in [0.1, 0.15) is 22.1 Å². The molecule has 0 radical (unpaired) electrons. The molecule has 0 N–H and O–H groups in total. The van der Waals surface area contributed by atoms with E-state index in [0.29, 0.717) is 17.2 Å². The maximum atomic E-state index is 12.1. The first-order valence-electron chi connectivity index (χ1n) is 6.43. The first kappa shape index (κ1) is 13.6. The highest BCUT2D eigenvalue weighted by Crippen LogP contribution is 2.21. The SMILES string of the molecule is O=C(c1ccccc1)c1noc(CSc2ccccc2)n1. The van der Waals surface area contributed by atoms with Gasteiger partial charge in [-0.15, -0.1) is 11.8 Å². The average Bonchev–Trinajstić information content (AvgIpc) is 3.03. The number of carbonyl (C=O) groups excluding carboxylic acids is 1. The van der Waals surface area contributed by atoms with Gasteiger partial charge in [-0.3, -0.25) is 4.79 Å². The molecule has 0 spiro atoms. The van der Waals surface area contributed by atoms with Crippen molar-refractivity contribution in [1.82, 2.24) is 10.1 Å². The number of thioether (sulfide) groups is 1. The van der Waals surface area contributed by atoms with Gasteiger partial charge in [-0.2, -0.15) is 4.98 Å². The number of carbonyl (C=O) groups is 1. The summed E-state index contributed by atoms with van der Waals surface area (Å²) in [4.78, 5) is 17.4. The standard InChI is InChI=1S/C16H12N2O2S/c19-15(12-7-3-1-4-8-12)16-17-14(20-18-16)11-21-13-9-5-2-6-10-13/h1-10H,11H2. The minimum absolute atomic E-state index is 0.102. The number of nitrogens with zero attached hydrogens (tertiary/aromatic N) is 2. The van der Waals surface area contributed by atoms with Gasteiger partial charge in [-0.05, 0) is 12.1 Å². The fourth-order valence-electron chi connectivity index (χ4n) is 1.79. The fraction of sp³-hybridized carbons (Fsp3) is 0.0625. The predicted octanol–water partition coefficient (Wildman–Crippen LogP) is 3.59. The monoisotopic (exact) mass is 296 g/mol. The molecule has 0 unspecified atom stereocenters. The smallest absolute Gasteiger partial charge is 0.243 e. The lowest BCUT2D eigenvalue weighted by molar-refractivity contribution is 0.102. The highest BCUT2D eigenvalue weighted by molar-refractivity contribution is 7.98. The van der Waals surface area contributed by atoms with Crippen molar-refractivity contribution in [2.45, 2.75) is 10.6 Å². The topological polar surface area (TPSA) is 56.0 Å². The Balaban J connectivity index is 1.68. The van der Waals surface area contributed by atoms with E-state index in [9.17, 15) is 4.79 Å². The molecule has 3 rings (SSSR count). The van der Waals surface area contributed by atoms with E-state index in [0.717, 1.165) is 4.90 Å². The van der Waals surface area contributed by atoms with Gasteiger partial charge in [-0.25, -0.2) is 0 Å². The molecule has 21 heavy (non-hydrogen) atoms. The molecule has 0 fully saturated rings. The second-order valence-corrected chi connectivity index (χ2v) is 5.36. The minimum Gasteiger partial charge on any atom is -0.338 e. The molecule has 1 heterocycles. The Morgan fingerprint density at radius 2 is 1.67 bits per heavy atom. The van der Waals surface area contributed by atoms with Crippen molar-refractivity contribution in [3.63, 3.8) is 0 Å². The Labute approximate surface area is 126 Å². The Morgan fingerprint density at radius 1 is 1.00 bits per heavy atom. The zero-order valence-electron chi connectivity index (χ0n) is 11.1.